The maximum absolute atomic E-state index is 12.8. The van der Waals surface area contributed by atoms with Gasteiger partial charge in [0.15, 0.2) is 6.29 Å². The molecule has 2 aliphatic rings. The molecule has 0 aliphatic carbocycles. The quantitative estimate of drug-likeness (QED) is 0.248. The van der Waals surface area contributed by atoms with E-state index in [1.165, 1.54) is 11.1 Å². The SMILES string of the molecule is CCC(C)n1ncn(-c2ccc(N3CCN(c4ccc(OC[C@@H]5CO[C@H](c6ccc7cc[nH]c7c6)O5)cc4)CC3)cc2)c1=O. The summed E-state index contributed by atoms with van der Waals surface area (Å²) in [4.78, 5) is 20.8. The van der Waals surface area contributed by atoms with Crippen molar-refractivity contribution in [2.45, 2.75) is 38.7 Å². The molecule has 2 saturated heterocycles. The van der Waals surface area contributed by atoms with E-state index in [4.69, 9.17) is 14.2 Å². The third-order valence-electron chi connectivity index (χ3n) is 8.71. The summed E-state index contributed by atoms with van der Waals surface area (Å²) in [5.74, 6) is 0.820. The monoisotopic (exact) mass is 594 g/mol. The van der Waals surface area contributed by atoms with Crippen LogP contribution < -0.4 is 20.2 Å². The zero-order chi connectivity index (χ0) is 30.0. The summed E-state index contributed by atoms with van der Waals surface area (Å²) < 4.78 is 21.2. The molecular formula is C34H38N6O4. The lowest BCUT2D eigenvalue weighted by molar-refractivity contribution is -0.0658. The van der Waals surface area contributed by atoms with Crippen molar-refractivity contribution < 1.29 is 14.2 Å². The minimum Gasteiger partial charge on any atom is -0.491 e. The van der Waals surface area contributed by atoms with E-state index in [9.17, 15) is 4.79 Å². The molecule has 0 bridgehead atoms. The Kier molecular flexibility index (Phi) is 7.84. The molecule has 2 aromatic heterocycles. The topological polar surface area (TPSA) is 89.8 Å². The van der Waals surface area contributed by atoms with Crippen molar-refractivity contribution in [1.29, 1.82) is 0 Å². The van der Waals surface area contributed by atoms with Crippen LogP contribution in [0.5, 0.6) is 5.75 Å². The van der Waals surface area contributed by atoms with Crippen molar-refractivity contribution in [3.05, 3.63) is 101 Å². The first-order valence-corrected chi connectivity index (χ1v) is 15.4. The highest BCUT2D eigenvalue weighted by atomic mass is 16.7. The van der Waals surface area contributed by atoms with E-state index in [1.54, 1.807) is 15.6 Å². The predicted molar refractivity (Wildman–Crippen MR) is 171 cm³/mol. The summed E-state index contributed by atoms with van der Waals surface area (Å²) in [6.07, 6.45) is 3.91. The number of nitrogens with zero attached hydrogens (tertiary/aromatic N) is 5. The molecule has 0 saturated carbocycles. The first-order chi connectivity index (χ1) is 21.6. The van der Waals surface area contributed by atoms with Crippen molar-refractivity contribution in [2.75, 3.05) is 49.2 Å². The van der Waals surface area contributed by atoms with Crippen LogP contribution in [0.15, 0.2) is 90.1 Å². The van der Waals surface area contributed by atoms with Crippen molar-refractivity contribution in [2.24, 2.45) is 0 Å². The summed E-state index contributed by atoms with van der Waals surface area (Å²) in [6.45, 7) is 8.68. The summed E-state index contributed by atoms with van der Waals surface area (Å²) >= 11 is 0. The molecule has 1 unspecified atom stereocenters. The molecule has 5 aromatic rings. The van der Waals surface area contributed by atoms with E-state index in [0.29, 0.717) is 13.2 Å². The van der Waals surface area contributed by atoms with Crippen molar-refractivity contribution in [3.63, 3.8) is 0 Å². The molecule has 3 aromatic carbocycles. The molecule has 7 rings (SSSR count). The zero-order valence-electron chi connectivity index (χ0n) is 25.1. The summed E-state index contributed by atoms with van der Waals surface area (Å²) in [7, 11) is 0. The fourth-order valence-corrected chi connectivity index (χ4v) is 5.88. The second-order valence-corrected chi connectivity index (χ2v) is 11.5. The predicted octanol–water partition coefficient (Wildman–Crippen LogP) is 5.31. The number of piperazine rings is 1. The van der Waals surface area contributed by atoms with Gasteiger partial charge in [-0.15, -0.1) is 0 Å². The molecule has 2 aliphatic heterocycles. The highest BCUT2D eigenvalue weighted by Crippen LogP contribution is 2.30. The lowest BCUT2D eigenvalue weighted by Crippen LogP contribution is -2.46. The molecule has 10 heteroatoms. The molecule has 10 nitrogen and oxygen atoms in total. The Bertz CT molecular complexity index is 1750. The minimum absolute atomic E-state index is 0.0787. The smallest absolute Gasteiger partial charge is 0.350 e. The van der Waals surface area contributed by atoms with E-state index in [-0.39, 0.29) is 24.1 Å². The van der Waals surface area contributed by atoms with Crippen LogP contribution in [-0.4, -0.2) is 64.8 Å². The van der Waals surface area contributed by atoms with Gasteiger partial charge in [0.2, 0.25) is 0 Å². The maximum atomic E-state index is 12.8. The lowest BCUT2D eigenvalue weighted by Gasteiger charge is -2.37. The van der Waals surface area contributed by atoms with Gasteiger partial charge in [-0.05, 0) is 79.4 Å². The van der Waals surface area contributed by atoms with Gasteiger partial charge in [-0.2, -0.15) is 5.10 Å². The van der Waals surface area contributed by atoms with Crippen LogP contribution >= 0.6 is 0 Å². The molecular weight excluding hydrogens is 556 g/mol. The number of rotatable bonds is 9. The van der Waals surface area contributed by atoms with E-state index < -0.39 is 0 Å². The van der Waals surface area contributed by atoms with Gasteiger partial charge in [-0.3, -0.25) is 0 Å². The first kappa shape index (κ1) is 28.2. The highest BCUT2D eigenvalue weighted by molar-refractivity contribution is 5.79. The van der Waals surface area contributed by atoms with Crippen molar-refractivity contribution >= 4 is 22.3 Å². The van der Waals surface area contributed by atoms with Crippen LogP contribution in [0.2, 0.25) is 0 Å². The van der Waals surface area contributed by atoms with E-state index in [1.807, 2.05) is 43.5 Å². The van der Waals surface area contributed by atoms with Crippen LogP contribution in [0.4, 0.5) is 11.4 Å². The molecule has 0 amide bonds. The van der Waals surface area contributed by atoms with Gasteiger partial charge in [0.1, 0.15) is 24.8 Å². The Morgan fingerprint density at radius 3 is 2.32 bits per heavy atom. The molecule has 0 radical (unpaired) electrons. The third kappa shape index (κ3) is 5.70. The molecule has 3 atom stereocenters. The van der Waals surface area contributed by atoms with Crippen LogP contribution in [0.1, 0.15) is 38.2 Å². The number of nitrogens with one attached hydrogen (secondary N) is 1. The van der Waals surface area contributed by atoms with Crippen molar-refractivity contribution in [3.8, 4) is 11.4 Å². The molecule has 1 N–H and O–H groups in total. The fraction of sp³-hybridized carbons (Fsp3) is 0.353. The van der Waals surface area contributed by atoms with Crippen LogP contribution in [-0.2, 0) is 9.47 Å². The fourth-order valence-electron chi connectivity index (χ4n) is 5.88. The molecule has 2 fully saturated rings. The summed E-state index contributed by atoms with van der Waals surface area (Å²) in [5, 5.41) is 5.47. The number of fused-ring (bicyclic) bond motifs is 1. The number of H-pyrrole nitrogens is 1. The minimum atomic E-state index is -0.376. The standard InChI is InChI=1S/C34H38N6O4/c1-3-24(2)40-34(41)39(23-36-40)29-8-6-27(7-9-29)37-16-18-38(19-17-37)28-10-12-30(13-11-28)42-21-31-22-43-33(44-31)26-5-4-25-14-15-35-32(25)20-26/h4-15,20,23-24,31,33,35H,3,16-19,21-22H2,1-2H3/t24?,31-,33+/m1/s1. The van der Waals surface area contributed by atoms with E-state index >= 15 is 0 Å². The van der Waals surface area contributed by atoms with Gasteiger partial charge in [0.25, 0.3) is 0 Å². The second kappa shape index (κ2) is 12.2. The largest absolute Gasteiger partial charge is 0.491 e. The third-order valence-corrected chi connectivity index (χ3v) is 8.71. The van der Waals surface area contributed by atoms with Crippen LogP contribution in [0, 0.1) is 0 Å². The van der Waals surface area contributed by atoms with Gasteiger partial charge >= 0.3 is 5.69 Å². The Morgan fingerprint density at radius 1 is 0.932 bits per heavy atom. The Labute approximate surface area is 256 Å². The van der Waals surface area contributed by atoms with Gasteiger partial charge in [-0.1, -0.05) is 19.1 Å². The van der Waals surface area contributed by atoms with Crippen LogP contribution in [0.25, 0.3) is 16.6 Å². The Hall–Kier alpha value is -4.54. The normalized spacial score (nSPS) is 19.5. The Balaban J connectivity index is 0.889. The number of anilines is 2. The lowest BCUT2D eigenvalue weighted by atomic mass is 10.1. The Morgan fingerprint density at radius 2 is 1.61 bits per heavy atom. The second-order valence-electron chi connectivity index (χ2n) is 11.5. The van der Waals surface area contributed by atoms with Gasteiger partial charge < -0.3 is 29.0 Å². The highest BCUT2D eigenvalue weighted by Gasteiger charge is 2.28. The number of aromatic nitrogens is 4. The molecule has 228 valence electrons. The first-order valence-electron chi connectivity index (χ1n) is 15.4. The molecule has 4 heterocycles. The van der Waals surface area contributed by atoms with Gasteiger partial charge in [-0.25, -0.2) is 14.0 Å². The molecule has 44 heavy (non-hydrogen) atoms. The number of hydrogen-bond acceptors (Lipinski definition) is 7. The number of ether oxygens (including phenoxy) is 3. The zero-order valence-corrected chi connectivity index (χ0v) is 25.1. The molecule has 0 spiro atoms. The van der Waals surface area contributed by atoms with Gasteiger partial charge in [0.05, 0.1) is 18.3 Å². The average Bonchev–Trinajstić information content (AvgIpc) is 3.84. The maximum Gasteiger partial charge on any atom is 0.350 e. The number of benzene rings is 3. The van der Waals surface area contributed by atoms with E-state index in [0.717, 1.165) is 60.8 Å². The summed E-state index contributed by atoms with van der Waals surface area (Å²) in [5.41, 5.74) is 5.15. The number of aromatic amines is 1. The summed E-state index contributed by atoms with van der Waals surface area (Å²) in [6, 6.07) is 24.8. The van der Waals surface area contributed by atoms with E-state index in [2.05, 4.69) is 69.3 Å². The van der Waals surface area contributed by atoms with Crippen molar-refractivity contribution in [1.82, 2.24) is 19.3 Å². The average molecular weight is 595 g/mol. The number of hydrogen-bond donors (Lipinski definition) is 1. The van der Waals surface area contributed by atoms with Crippen LogP contribution in [0.3, 0.4) is 0 Å². The van der Waals surface area contributed by atoms with Gasteiger partial charge in [0, 0.05) is 54.8 Å².